The molecule has 1 aliphatic carbocycles. The lowest BCUT2D eigenvalue weighted by atomic mass is 9.94. The number of ether oxygens (including phenoxy) is 2. The van der Waals surface area contributed by atoms with Crippen LogP contribution in [0.25, 0.3) is 6.08 Å². The number of amides is 1. The van der Waals surface area contributed by atoms with Crippen molar-refractivity contribution in [2.45, 2.75) is 38.1 Å². The Morgan fingerprint density at radius 1 is 1.15 bits per heavy atom. The Morgan fingerprint density at radius 3 is 2.61 bits per heavy atom. The third kappa shape index (κ3) is 5.57. The van der Waals surface area contributed by atoms with Crippen molar-refractivity contribution < 1.29 is 24.2 Å². The van der Waals surface area contributed by atoms with Crippen LogP contribution in [0.1, 0.15) is 37.7 Å². The molecule has 2 aromatic carbocycles. The van der Waals surface area contributed by atoms with Crippen LogP contribution >= 0.6 is 11.8 Å². The van der Waals surface area contributed by atoms with Crippen molar-refractivity contribution in [1.82, 2.24) is 4.90 Å². The highest BCUT2D eigenvalue weighted by Crippen LogP contribution is 2.39. The van der Waals surface area contributed by atoms with Crippen LogP contribution in [-0.4, -0.2) is 41.7 Å². The number of nitrogens with zero attached hydrogens (tertiary/aromatic N) is 2. The summed E-state index contributed by atoms with van der Waals surface area (Å²) < 4.78 is 10.5. The smallest absolute Gasteiger partial charge is 0.267 e. The highest BCUT2D eigenvalue weighted by Gasteiger charge is 2.38. The molecule has 2 aromatic rings. The third-order valence-corrected chi connectivity index (χ3v) is 6.57. The number of benzene rings is 2. The Hall–Kier alpha value is -3.26. The van der Waals surface area contributed by atoms with Gasteiger partial charge in [-0.05, 0) is 60.5 Å². The zero-order valence-electron chi connectivity index (χ0n) is 18.4. The van der Waals surface area contributed by atoms with Gasteiger partial charge in [0.1, 0.15) is 6.61 Å². The van der Waals surface area contributed by atoms with Gasteiger partial charge in [0.25, 0.3) is 5.91 Å². The second-order valence-corrected chi connectivity index (χ2v) is 8.89. The molecule has 8 heteroatoms. The number of rotatable bonds is 7. The lowest BCUT2D eigenvalue weighted by molar-refractivity contribution is -0.307. The molecule has 0 atom stereocenters. The molecule has 0 bridgehead atoms. The number of hydrogen-bond donors (Lipinski definition) is 0. The van der Waals surface area contributed by atoms with Crippen LogP contribution in [0.15, 0.2) is 58.4 Å². The van der Waals surface area contributed by atoms with Crippen molar-refractivity contribution in [3.05, 3.63) is 59.0 Å². The van der Waals surface area contributed by atoms with Crippen LogP contribution < -0.4 is 14.6 Å². The summed E-state index contributed by atoms with van der Waals surface area (Å²) in [7, 11) is 1.48. The number of methoxy groups -OCH3 is 1. The van der Waals surface area contributed by atoms with Crippen molar-refractivity contribution in [2.75, 3.05) is 13.7 Å². The Bertz CT molecular complexity index is 1080. The topological polar surface area (TPSA) is 91.3 Å². The van der Waals surface area contributed by atoms with Crippen LogP contribution in [0.4, 0.5) is 5.69 Å². The van der Waals surface area contributed by atoms with Crippen LogP contribution in [0.5, 0.6) is 11.5 Å². The molecule has 1 saturated carbocycles. The van der Waals surface area contributed by atoms with Crippen molar-refractivity contribution in [3.63, 3.8) is 0 Å². The molecule has 33 heavy (non-hydrogen) atoms. The van der Waals surface area contributed by atoms with E-state index in [1.165, 1.54) is 25.3 Å². The van der Waals surface area contributed by atoms with Gasteiger partial charge in [0.2, 0.25) is 0 Å². The van der Waals surface area contributed by atoms with E-state index in [2.05, 4.69) is 0 Å². The van der Waals surface area contributed by atoms with E-state index < -0.39 is 12.6 Å². The number of carboxylic acids is 1. The van der Waals surface area contributed by atoms with Gasteiger partial charge in [-0.1, -0.05) is 43.5 Å². The summed E-state index contributed by atoms with van der Waals surface area (Å²) in [4.78, 5) is 31.3. The molecule has 0 radical (unpaired) electrons. The highest BCUT2D eigenvalue weighted by molar-refractivity contribution is 8.18. The molecule has 1 saturated heterocycles. The van der Waals surface area contributed by atoms with Gasteiger partial charge in [-0.25, -0.2) is 4.99 Å². The summed E-state index contributed by atoms with van der Waals surface area (Å²) in [5, 5.41) is 11.4. The van der Waals surface area contributed by atoms with Crippen molar-refractivity contribution >= 4 is 40.6 Å². The summed E-state index contributed by atoms with van der Waals surface area (Å²) in [5.41, 5.74) is 1.55. The summed E-state index contributed by atoms with van der Waals surface area (Å²) in [6, 6.07) is 14.9. The normalized spacial score (nSPS) is 19.3. The molecular formula is C25H25N2O5S-. The molecule has 0 unspecified atom stereocenters. The lowest BCUT2D eigenvalue weighted by Gasteiger charge is -2.30. The average molecular weight is 466 g/mol. The number of para-hydroxylation sites is 1. The fourth-order valence-electron chi connectivity index (χ4n) is 4.02. The fraction of sp³-hybridized carbons (Fsp3) is 0.320. The molecule has 2 aliphatic rings. The fourth-order valence-corrected chi connectivity index (χ4v) is 5.08. The number of carbonyl (C=O) groups excluding carboxylic acids is 2. The molecule has 1 heterocycles. The monoisotopic (exact) mass is 465 g/mol. The van der Waals surface area contributed by atoms with Crippen LogP contribution in [0, 0.1) is 0 Å². The first-order valence-corrected chi connectivity index (χ1v) is 11.7. The zero-order chi connectivity index (χ0) is 23.2. The first-order valence-electron chi connectivity index (χ1n) is 10.9. The quantitative estimate of drug-likeness (QED) is 0.578. The average Bonchev–Trinajstić information content (AvgIpc) is 3.13. The van der Waals surface area contributed by atoms with Crippen molar-refractivity contribution in [1.29, 1.82) is 0 Å². The number of hydrogen-bond acceptors (Lipinski definition) is 7. The molecule has 1 amide bonds. The molecule has 172 valence electrons. The Morgan fingerprint density at radius 2 is 1.91 bits per heavy atom. The molecule has 0 spiro atoms. The van der Waals surface area contributed by atoms with Gasteiger partial charge in [0.05, 0.1) is 23.7 Å². The van der Waals surface area contributed by atoms with Gasteiger partial charge in [-0.2, -0.15) is 0 Å². The standard InChI is InChI=1S/C25H26N2O5S/c1-31-21-14-17(12-13-20(21)32-16-23(28)29)15-22-24(30)27(19-10-6-3-7-11-19)25(33-22)26-18-8-4-2-5-9-18/h2,4-5,8-9,12-15,19H,3,6-7,10-11,16H2,1H3,(H,28,29)/p-1/b22-15+,26-25?. The second-order valence-electron chi connectivity index (χ2n) is 7.88. The number of aliphatic imine (C=N–C) groups is 1. The molecule has 4 rings (SSSR count). The number of carbonyl (C=O) groups is 2. The van der Waals surface area contributed by atoms with Gasteiger partial charge in [0.15, 0.2) is 16.7 Å². The maximum atomic E-state index is 13.4. The van der Waals surface area contributed by atoms with Gasteiger partial charge < -0.3 is 19.4 Å². The van der Waals surface area contributed by atoms with Crippen molar-refractivity contribution in [2.24, 2.45) is 4.99 Å². The number of aliphatic carboxylic acids is 1. The Labute approximate surface area is 197 Å². The summed E-state index contributed by atoms with van der Waals surface area (Å²) in [5.74, 6) is -0.685. The molecule has 7 nitrogen and oxygen atoms in total. The molecule has 0 N–H and O–H groups in total. The minimum atomic E-state index is -1.32. The third-order valence-electron chi connectivity index (χ3n) is 5.59. The van der Waals surface area contributed by atoms with Gasteiger partial charge in [0, 0.05) is 6.04 Å². The molecule has 2 fully saturated rings. The van der Waals surface area contributed by atoms with E-state index in [4.69, 9.17) is 14.5 Å². The van der Waals surface area contributed by atoms with Crippen LogP contribution in [0.2, 0.25) is 0 Å². The van der Waals surface area contributed by atoms with E-state index in [-0.39, 0.29) is 11.9 Å². The van der Waals surface area contributed by atoms with Crippen LogP contribution in [-0.2, 0) is 9.59 Å². The van der Waals surface area contributed by atoms with Gasteiger partial charge in [-0.3, -0.25) is 9.69 Å². The van der Waals surface area contributed by atoms with E-state index in [1.807, 2.05) is 35.2 Å². The Kier molecular flexibility index (Phi) is 7.34. The Balaban J connectivity index is 1.64. The number of thioether (sulfide) groups is 1. The van der Waals surface area contributed by atoms with Gasteiger partial charge in [-0.15, -0.1) is 0 Å². The van der Waals surface area contributed by atoms with E-state index >= 15 is 0 Å². The summed E-state index contributed by atoms with van der Waals surface area (Å²) >= 11 is 1.37. The maximum Gasteiger partial charge on any atom is 0.267 e. The second kappa shape index (κ2) is 10.6. The minimum Gasteiger partial charge on any atom is -0.546 e. The van der Waals surface area contributed by atoms with E-state index in [0.29, 0.717) is 21.6 Å². The molecule has 1 aliphatic heterocycles. The predicted octanol–water partition coefficient (Wildman–Crippen LogP) is 3.76. The largest absolute Gasteiger partial charge is 0.546 e. The SMILES string of the molecule is COc1cc(/C=C2/SC(=Nc3ccccc3)N(C3CCCCC3)C2=O)ccc1OCC(=O)[O-]. The first-order chi connectivity index (χ1) is 16.0. The summed E-state index contributed by atoms with van der Waals surface area (Å²) in [6.45, 7) is -0.569. The number of amidine groups is 1. The predicted molar refractivity (Wildman–Crippen MR) is 126 cm³/mol. The molecule has 0 aromatic heterocycles. The highest BCUT2D eigenvalue weighted by atomic mass is 32.2. The summed E-state index contributed by atoms with van der Waals surface area (Å²) in [6.07, 6.45) is 7.19. The molecular weight excluding hydrogens is 440 g/mol. The van der Waals surface area contributed by atoms with E-state index in [0.717, 1.165) is 36.9 Å². The van der Waals surface area contributed by atoms with Gasteiger partial charge >= 0.3 is 0 Å². The van der Waals surface area contributed by atoms with E-state index in [9.17, 15) is 14.7 Å². The minimum absolute atomic E-state index is 0.0437. The van der Waals surface area contributed by atoms with Crippen LogP contribution in [0.3, 0.4) is 0 Å². The zero-order valence-corrected chi connectivity index (χ0v) is 19.2. The lowest BCUT2D eigenvalue weighted by Crippen LogP contribution is -2.40. The number of carboxylic acid groups (broad SMARTS) is 1. The maximum absolute atomic E-state index is 13.4. The first kappa shape index (κ1) is 22.9. The van der Waals surface area contributed by atoms with Crippen molar-refractivity contribution in [3.8, 4) is 11.5 Å². The van der Waals surface area contributed by atoms with E-state index in [1.54, 1.807) is 24.3 Å².